The van der Waals surface area contributed by atoms with Gasteiger partial charge in [0.15, 0.2) is 0 Å². The molecule has 23 heavy (non-hydrogen) atoms. The van der Waals surface area contributed by atoms with Crippen molar-refractivity contribution >= 4 is 33.3 Å². The zero-order chi connectivity index (χ0) is 21.5. The maximum absolute atomic E-state index is 13.2. The van der Waals surface area contributed by atoms with Crippen LogP contribution in [0, 0.1) is 5.82 Å². The fourth-order valence-electron chi connectivity index (χ4n) is 1.83. The van der Waals surface area contributed by atoms with Crippen LogP contribution >= 0.6 is 11.6 Å². The van der Waals surface area contributed by atoms with Gasteiger partial charge in [-0.05, 0) is 44.3 Å². The summed E-state index contributed by atoms with van der Waals surface area (Å²) in [5, 5.41) is -3.24. The van der Waals surface area contributed by atoms with Crippen molar-refractivity contribution in [2.24, 2.45) is 0 Å². The number of benzene rings is 1. The standard InChI is InChI=1S/C15H17ClFNO4S/c1-2-22-15(19)11-5-3-4-6-14(11)23(20,21)18-13-8-7-10(17)9-12(13)16/h5,7-9,14,18H,2-4,6H2,1H3/i3D2,4D2,14D. The van der Waals surface area contributed by atoms with E-state index in [1.165, 1.54) is 6.92 Å². The average Bonchev–Trinajstić information content (AvgIpc) is 2.53. The third kappa shape index (κ3) is 4.23. The van der Waals surface area contributed by atoms with Gasteiger partial charge in [-0.25, -0.2) is 17.6 Å². The van der Waals surface area contributed by atoms with Crippen LogP contribution in [0.2, 0.25) is 5.02 Å². The minimum absolute atomic E-state index is 0.167. The van der Waals surface area contributed by atoms with E-state index in [4.69, 9.17) is 23.2 Å². The second-order valence-corrected chi connectivity index (χ2v) is 6.54. The molecule has 1 aliphatic rings. The Morgan fingerprint density at radius 1 is 1.61 bits per heavy atom. The van der Waals surface area contributed by atoms with E-state index in [9.17, 15) is 17.6 Å². The first kappa shape index (κ1) is 11.9. The van der Waals surface area contributed by atoms with Crippen molar-refractivity contribution in [3.05, 3.63) is 40.7 Å². The number of halogens is 2. The number of rotatable bonds is 5. The van der Waals surface area contributed by atoms with Gasteiger partial charge in [-0.15, -0.1) is 0 Å². The summed E-state index contributed by atoms with van der Waals surface area (Å²) in [5.41, 5.74) is -1.15. The molecule has 0 radical (unpaired) electrons. The number of allylic oxidation sites excluding steroid dienone is 1. The maximum Gasteiger partial charge on any atom is 0.335 e. The first-order valence-electron chi connectivity index (χ1n) is 9.05. The van der Waals surface area contributed by atoms with Crippen LogP contribution in [-0.4, -0.2) is 26.2 Å². The van der Waals surface area contributed by atoms with Crippen molar-refractivity contribution in [3.63, 3.8) is 0 Å². The number of nitrogens with one attached hydrogen (secondary N) is 1. The maximum atomic E-state index is 13.2. The van der Waals surface area contributed by atoms with Gasteiger partial charge in [0.1, 0.15) is 11.0 Å². The Labute approximate surface area is 146 Å². The molecule has 0 spiro atoms. The fraction of sp³-hybridized carbons (Fsp3) is 0.400. The van der Waals surface area contributed by atoms with E-state index in [1.54, 1.807) is 0 Å². The van der Waals surface area contributed by atoms with Crippen LogP contribution in [0.3, 0.4) is 0 Å². The number of carbonyl (C=O) groups is 1. The van der Waals surface area contributed by atoms with Crippen molar-refractivity contribution in [1.29, 1.82) is 0 Å². The number of carbonyl (C=O) groups excluding carboxylic acids is 1. The molecule has 0 saturated carbocycles. The molecule has 0 saturated heterocycles. The minimum Gasteiger partial charge on any atom is -0.463 e. The molecule has 8 heteroatoms. The van der Waals surface area contributed by atoms with Gasteiger partial charge < -0.3 is 4.74 Å². The molecule has 0 bridgehead atoms. The molecule has 0 fully saturated rings. The van der Waals surface area contributed by atoms with Crippen molar-refractivity contribution in [3.8, 4) is 0 Å². The van der Waals surface area contributed by atoms with E-state index in [0.29, 0.717) is 6.08 Å². The molecule has 0 heterocycles. The monoisotopic (exact) mass is 366 g/mol. The van der Waals surface area contributed by atoms with Crippen LogP contribution in [-0.2, 0) is 19.6 Å². The van der Waals surface area contributed by atoms with Gasteiger partial charge in [0, 0.05) is 5.48 Å². The summed E-state index contributed by atoms with van der Waals surface area (Å²) in [6.07, 6.45) is -6.23. The SMILES string of the molecule is [2H]C1([2H])C=C(C(=O)OCC)C([2H])(S(=O)(=O)Nc2ccc(F)cc2Cl)CC1([2H])[2H]. The highest BCUT2D eigenvalue weighted by Crippen LogP contribution is 2.30. The molecule has 5 nitrogen and oxygen atoms in total. The molecule has 2 rings (SSSR count). The van der Waals surface area contributed by atoms with Gasteiger partial charge in [-0.1, -0.05) is 17.7 Å². The minimum atomic E-state index is -4.87. The summed E-state index contributed by atoms with van der Waals surface area (Å²) in [5.74, 6) is -1.99. The highest BCUT2D eigenvalue weighted by Gasteiger charge is 2.35. The van der Waals surface area contributed by atoms with Gasteiger partial charge in [-0.2, -0.15) is 0 Å². The van der Waals surface area contributed by atoms with Crippen LogP contribution in [0.25, 0.3) is 0 Å². The predicted molar refractivity (Wildman–Crippen MR) is 86.3 cm³/mol. The van der Waals surface area contributed by atoms with E-state index >= 15 is 0 Å². The number of sulfonamides is 1. The molecular weight excluding hydrogens is 345 g/mol. The van der Waals surface area contributed by atoms with E-state index in [1.807, 2.05) is 4.72 Å². The second-order valence-electron chi connectivity index (χ2n) is 4.43. The van der Waals surface area contributed by atoms with Crippen LogP contribution in [0.1, 0.15) is 32.9 Å². The number of anilines is 1. The number of hydrogen-bond acceptors (Lipinski definition) is 4. The smallest absolute Gasteiger partial charge is 0.335 e. The molecule has 1 aliphatic carbocycles. The second kappa shape index (κ2) is 7.31. The van der Waals surface area contributed by atoms with Gasteiger partial charge in [0.25, 0.3) is 0 Å². The highest BCUT2D eigenvalue weighted by atomic mass is 35.5. The van der Waals surface area contributed by atoms with Gasteiger partial charge in [0.05, 0.1) is 24.3 Å². The molecule has 1 aromatic rings. The van der Waals surface area contributed by atoms with Crippen molar-refractivity contribution in [2.75, 3.05) is 11.3 Å². The molecule has 126 valence electrons. The quantitative estimate of drug-likeness (QED) is 0.812. The average molecular weight is 367 g/mol. The van der Waals surface area contributed by atoms with E-state index < -0.39 is 51.8 Å². The number of hydrogen-bond donors (Lipinski definition) is 1. The third-order valence-corrected chi connectivity index (χ3v) is 4.68. The molecule has 1 unspecified atom stereocenters. The van der Waals surface area contributed by atoms with E-state index in [2.05, 4.69) is 0 Å². The zero-order valence-corrected chi connectivity index (χ0v) is 13.6. The van der Waals surface area contributed by atoms with Crippen molar-refractivity contribution < 1.29 is 29.2 Å². The Kier molecular flexibility index (Phi) is 3.77. The Bertz CT molecular complexity index is 940. The molecular formula is C15H17ClFNO4S. The molecule has 1 N–H and O–H groups in total. The normalized spacial score (nSPS) is 29.0. The summed E-state index contributed by atoms with van der Waals surface area (Å²) in [6, 6.07) is 2.75. The summed E-state index contributed by atoms with van der Waals surface area (Å²) in [6.45, 7) is 1.27. The zero-order valence-electron chi connectivity index (χ0n) is 17.0. The van der Waals surface area contributed by atoms with Gasteiger partial charge >= 0.3 is 5.97 Å². The lowest BCUT2D eigenvalue weighted by molar-refractivity contribution is -0.138. The van der Waals surface area contributed by atoms with Crippen LogP contribution in [0.15, 0.2) is 29.8 Å². The number of esters is 1. The highest BCUT2D eigenvalue weighted by molar-refractivity contribution is 7.93. The van der Waals surface area contributed by atoms with Gasteiger partial charge in [0.2, 0.25) is 10.0 Å². The molecule has 1 aromatic carbocycles. The summed E-state index contributed by atoms with van der Waals surface area (Å²) < 4.78 is 85.5. The Morgan fingerprint density at radius 3 is 3.00 bits per heavy atom. The van der Waals surface area contributed by atoms with Crippen molar-refractivity contribution in [2.45, 2.75) is 31.3 Å². The molecule has 0 aliphatic heterocycles. The molecule has 0 amide bonds. The topological polar surface area (TPSA) is 72.5 Å². The Balaban J connectivity index is 2.61. The number of ether oxygens (including phenoxy) is 1. The largest absolute Gasteiger partial charge is 0.463 e. The lowest BCUT2D eigenvalue weighted by Crippen LogP contribution is -2.34. The lowest BCUT2D eigenvalue weighted by atomic mass is 9.99. The first-order chi connectivity index (χ1) is 12.7. The third-order valence-electron chi connectivity index (χ3n) is 2.86. The Morgan fingerprint density at radius 2 is 2.35 bits per heavy atom. The lowest BCUT2D eigenvalue weighted by Gasteiger charge is -2.24. The molecule has 1 atom stereocenters. The first-order valence-corrected chi connectivity index (χ1v) is 8.41. The van der Waals surface area contributed by atoms with E-state index in [0.717, 1.165) is 18.2 Å². The van der Waals surface area contributed by atoms with Gasteiger partial charge in [-0.3, -0.25) is 4.72 Å². The van der Waals surface area contributed by atoms with E-state index in [-0.39, 0.29) is 17.3 Å². The van der Waals surface area contributed by atoms with Crippen LogP contribution in [0.4, 0.5) is 10.1 Å². The summed E-state index contributed by atoms with van der Waals surface area (Å²) >= 11 is 5.80. The van der Waals surface area contributed by atoms with Crippen LogP contribution in [0.5, 0.6) is 0 Å². The predicted octanol–water partition coefficient (Wildman–Crippen LogP) is 3.26. The van der Waals surface area contributed by atoms with Crippen LogP contribution < -0.4 is 4.72 Å². The molecule has 0 aromatic heterocycles. The fourth-order valence-corrected chi connectivity index (χ4v) is 3.39. The summed E-state index contributed by atoms with van der Waals surface area (Å²) in [7, 11) is -4.87. The summed E-state index contributed by atoms with van der Waals surface area (Å²) in [4.78, 5) is 12.3. The Hall–Kier alpha value is -1.60. The van der Waals surface area contributed by atoms with Crippen molar-refractivity contribution in [1.82, 2.24) is 0 Å².